The van der Waals surface area contributed by atoms with E-state index in [1.807, 2.05) is 0 Å². The van der Waals surface area contributed by atoms with Crippen molar-refractivity contribution in [2.24, 2.45) is 5.92 Å². The van der Waals surface area contributed by atoms with Crippen molar-refractivity contribution in [3.63, 3.8) is 0 Å². The molecule has 0 aliphatic carbocycles. The number of thiocarbonyl (C=S) groups is 1. The van der Waals surface area contributed by atoms with Crippen LogP contribution in [0, 0.1) is 11.7 Å². The number of halogens is 1. The minimum Gasteiger partial charge on any atom is -0.362 e. The zero-order chi connectivity index (χ0) is 12.7. The molecule has 0 aromatic heterocycles. The highest BCUT2D eigenvalue weighted by atomic mass is 32.1. The maximum atomic E-state index is 12.7. The molecule has 1 aromatic carbocycles. The lowest BCUT2D eigenvalue weighted by atomic mass is 10.1. The van der Waals surface area contributed by atoms with E-state index in [-0.39, 0.29) is 5.82 Å². The average molecular weight is 254 g/mol. The molecule has 2 nitrogen and oxygen atoms in total. The predicted octanol–water partition coefficient (Wildman–Crippen LogP) is 2.49. The van der Waals surface area contributed by atoms with Gasteiger partial charge in [-0.1, -0.05) is 26.0 Å². The summed E-state index contributed by atoms with van der Waals surface area (Å²) in [5.74, 6) is 0.377. The third-order valence-electron chi connectivity index (χ3n) is 2.28. The van der Waals surface area contributed by atoms with Crippen molar-refractivity contribution in [3.8, 4) is 0 Å². The van der Waals surface area contributed by atoms with Crippen LogP contribution in [0.2, 0.25) is 0 Å². The van der Waals surface area contributed by atoms with E-state index in [0.717, 1.165) is 25.1 Å². The van der Waals surface area contributed by atoms with Gasteiger partial charge in [-0.05, 0) is 42.3 Å². The lowest BCUT2D eigenvalue weighted by Crippen LogP contribution is -2.38. The van der Waals surface area contributed by atoms with Gasteiger partial charge in [0.2, 0.25) is 0 Å². The van der Waals surface area contributed by atoms with E-state index in [1.165, 1.54) is 12.1 Å². The Bertz CT molecular complexity index is 349. The first-order valence-electron chi connectivity index (χ1n) is 5.84. The first kappa shape index (κ1) is 13.9. The zero-order valence-corrected chi connectivity index (χ0v) is 11.1. The van der Waals surface area contributed by atoms with Crippen LogP contribution >= 0.6 is 12.2 Å². The summed E-state index contributed by atoms with van der Waals surface area (Å²) >= 11 is 5.13. The second-order valence-electron chi connectivity index (χ2n) is 4.41. The summed E-state index contributed by atoms with van der Waals surface area (Å²) in [5.41, 5.74) is 1.10. The Hall–Kier alpha value is -1.16. The minimum atomic E-state index is -0.198. The standard InChI is InChI=1S/C13H19FN2S/c1-10(2)9-16-13(17)15-8-7-11-3-5-12(14)6-4-11/h3-6,10H,7-9H2,1-2H3,(H2,15,16,17). The topological polar surface area (TPSA) is 24.1 Å². The van der Waals surface area contributed by atoms with Gasteiger partial charge in [-0.25, -0.2) is 4.39 Å². The summed E-state index contributed by atoms with van der Waals surface area (Å²) in [6.07, 6.45) is 0.837. The largest absolute Gasteiger partial charge is 0.362 e. The van der Waals surface area contributed by atoms with Crippen LogP contribution in [0.5, 0.6) is 0 Å². The Morgan fingerprint density at radius 2 is 1.88 bits per heavy atom. The molecule has 0 amide bonds. The summed E-state index contributed by atoms with van der Waals surface area (Å²) in [5, 5.41) is 6.95. The van der Waals surface area contributed by atoms with Crippen LogP contribution in [0.3, 0.4) is 0 Å². The molecule has 0 radical (unpaired) electrons. The molecule has 0 saturated heterocycles. The van der Waals surface area contributed by atoms with Crippen LogP contribution in [0.25, 0.3) is 0 Å². The summed E-state index contributed by atoms with van der Waals surface area (Å²) < 4.78 is 12.7. The summed E-state index contributed by atoms with van der Waals surface area (Å²) in [6, 6.07) is 6.54. The van der Waals surface area contributed by atoms with Crippen molar-refractivity contribution in [3.05, 3.63) is 35.6 Å². The molecule has 17 heavy (non-hydrogen) atoms. The normalized spacial score (nSPS) is 10.4. The van der Waals surface area contributed by atoms with Gasteiger partial charge in [0.25, 0.3) is 0 Å². The quantitative estimate of drug-likeness (QED) is 0.789. The molecule has 1 aromatic rings. The number of hydrogen-bond acceptors (Lipinski definition) is 1. The first-order chi connectivity index (χ1) is 8.08. The fourth-order valence-corrected chi connectivity index (χ4v) is 1.52. The SMILES string of the molecule is CC(C)CNC(=S)NCCc1ccc(F)cc1. The molecule has 0 aliphatic heterocycles. The highest BCUT2D eigenvalue weighted by Crippen LogP contribution is 2.02. The van der Waals surface area contributed by atoms with Crippen molar-refractivity contribution in [2.45, 2.75) is 20.3 Å². The van der Waals surface area contributed by atoms with Crippen LogP contribution in [0.4, 0.5) is 4.39 Å². The van der Waals surface area contributed by atoms with Gasteiger partial charge in [-0.15, -0.1) is 0 Å². The molecule has 1 rings (SSSR count). The van der Waals surface area contributed by atoms with Gasteiger partial charge in [-0.3, -0.25) is 0 Å². The second-order valence-corrected chi connectivity index (χ2v) is 4.82. The number of rotatable bonds is 5. The fourth-order valence-electron chi connectivity index (χ4n) is 1.33. The highest BCUT2D eigenvalue weighted by molar-refractivity contribution is 7.80. The van der Waals surface area contributed by atoms with Gasteiger partial charge in [0.05, 0.1) is 0 Å². The zero-order valence-electron chi connectivity index (χ0n) is 10.3. The smallest absolute Gasteiger partial charge is 0.166 e. The average Bonchev–Trinajstić information content (AvgIpc) is 2.29. The van der Waals surface area contributed by atoms with Gasteiger partial charge in [0.15, 0.2) is 5.11 Å². The maximum absolute atomic E-state index is 12.7. The molecular weight excluding hydrogens is 235 g/mol. The van der Waals surface area contributed by atoms with Gasteiger partial charge in [0, 0.05) is 13.1 Å². The van der Waals surface area contributed by atoms with Gasteiger partial charge < -0.3 is 10.6 Å². The molecule has 0 heterocycles. The molecule has 0 fully saturated rings. The molecule has 94 valence electrons. The summed E-state index contributed by atoms with van der Waals surface area (Å²) in [6.45, 7) is 5.90. The number of nitrogens with one attached hydrogen (secondary N) is 2. The molecule has 0 saturated carbocycles. The predicted molar refractivity (Wildman–Crippen MR) is 73.5 cm³/mol. The Morgan fingerprint density at radius 1 is 1.24 bits per heavy atom. The number of hydrogen-bond donors (Lipinski definition) is 2. The van der Waals surface area contributed by atoms with Gasteiger partial charge in [0.1, 0.15) is 5.82 Å². The fraction of sp³-hybridized carbons (Fsp3) is 0.462. The summed E-state index contributed by atoms with van der Waals surface area (Å²) in [7, 11) is 0. The van der Waals surface area contributed by atoms with E-state index >= 15 is 0 Å². The highest BCUT2D eigenvalue weighted by Gasteiger charge is 1.98. The molecule has 2 N–H and O–H groups in total. The van der Waals surface area contributed by atoms with Gasteiger partial charge in [-0.2, -0.15) is 0 Å². The molecule has 0 bridgehead atoms. The summed E-state index contributed by atoms with van der Waals surface area (Å²) in [4.78, 5) is 0. The van der Waals surface area contributed by atoms with E-state index in [0.29, 0.717) is 11.0 Å². The number of benzene rings is 1. The lowest BCUT2D eigenvalue weighted by Gasteiger charge is -2.12. The molecular formula is C13H19FN2S. The van der Waals surface area contributed by atoms with Crippen molar-refractivity contribution in [2.75, 3.05) is 13.1 Å². The van der Waals surface area contributed by atoms with E-state index in [4.69, 9.17) is 12.2 Å². The molecule has 0 aliphatic rings. The van der Waals surface area contributed by atoms with Crippen LogP contribution in [-0.4, -0.2) is 18.2 Å². The Kier molecular flexibility index (Phi) is 5.91. The van der Waals surface area contributed by atoms with E-state index < -0.39 is 0 Å². The molecule has 0 spiro atoms. The lowest BCUT2D eigenvalue weighted by molar-refractivity contribution is 0.619. The van der Waals surface area contributed by atoms with Crippen molar-refractivity contribution >= 4 is 17.3 Å². The van der Waals surface area contributed by atoms with E-state index in [2.05, 4.69) is 24.5 Å². The Morgan fingerprint density at radius 3 is 2.47 bits per heavy atom. The van der Waals surface area contributed by atoms with Crippen LogP contribution < -0.4 is 10.6 Å². The van der Waals surface area contributed by atoms with Crippen LogP contribution in [0.1, 0.15) is 19.4 Å². The molecule has 4 heteroatoms. The van der Waals surface area contributed by atoms with Crippen molar-refractivity contribution < 1.29 is 4.39 Å². The van der Waals surface area contributed by atoms with E-state index in [1.54, 1.807) is 12.1 Å². The third kappa shape index (κ3) is 6.22. The Balaban J connectivity index is 2.19. The minimum absolute atomic E-state index is 0.198. The second kappa shape index (κ2) is 7.22. The van der Waals surface area contributed by atoms with Gasteiger partial charge >= 0.3 is 0 Å². The van der Waals surface area contributed by atoms with Crippen LogP contribution in [-0.2, 0) is 6.42 Å². The van der Waals surface area contributed by atoms with Crippen molar-refractivity contribution in [1.82, 2.24) is 10.6 Å². The molecule has 0 unspecified atom stereocenters. The third-order valence-corrected chi connectivity index (χ3v) is 2.57. The van der Waals surface area contributed by atoms with Crippen LogP contribution in [0.15, 0.2) is 24.3 Å². The van der Waals surface area contributed by atoms with E-state index in [9.17, 15) is 4.39 Å². The van der Waals surface area contributed by atoms with Crippen molar-refractivity contribution in [1.29, 1.82) is 0 Å². The maximum Gasteiger partial charge on any atom is 0.166 e. The Labute approximate surface area is 108 Å². The molecule has 0 atom stereocenters. The first-order valence-corrected chi connectivity index (χ1v) is 6.25. The monoisotopic (exact) mass is 254 g/mol.